The van der Waals surface area contributed by atoms with E-state index in [-0.39, 0.29) is 12.0 Å². The highest BCUT2D eigenvalue weighted by Crippen LogP contribution is 2.39. The molecule has 0 fully saturated rings. The predicted octanol–water partition coefficient (Wildman–Crippen LogP) is 5.65. The number of nitrogens with zero attached hydrogens (tertiary/aromatic N) is 1. The van der Waals surface area contributed by atoms with Crippen LogP contribution in [0.25, 0.3) is 0 Å². The molecule has 2 amide bonds. The molecule has 2 aromatic rings. The second kappa shape index (κ2) is 9.76. The summed E-state index contributed by atoms with van der Waals surface area (Å²) in [5, 5.41) is 6.63. The average molecular weight is 490 g/mol. The van der Waals surface area contributed by atoms with E-state index < -0.39 is 5.60 Å². The van der Waals surface area contributed by atoms with Crippen molar-refractivity contribution < 1.29 is 14.3 Å². The van der Waals surface area contributed by atoms with Gasteiger partial charge in [0.2, 0.25) is 0 Å². The number of nitrogens with one attached hydrogen (secondary N) is 2. The van der Waals surface area contributed by atoms with Gasteiger partial charge in [-0.05, 0) is 83.0 Å². The van der Waals surface area contributed by atoms with Gasteiger partial charge in [0.15, 0.2) is 0 Å². The van der Waals surface area contributed by atoms with Crippen LogP contribution in [-0.4, -0.2) is 35.6 Å². The highest BCUT2D eigenvalue weighted by atomic mass is 32.1. The number of carbonyl (C=O) groups excluding carboxylic acids is 2. The van der Waals surface area contributed by atoms with Crippen LogP contribution in [0.4, 0.5) is 9.80 Å². The smallest absolute Gasteiger partial charge is 0.341 e. The number of rotatable bonds is 5. The van der Waals surface area contributed by atoms with E-state index in [0.29, 0.717) is 17.1 Å². The van der Waals surface area contributed by atoms with Crippen molar-refractivity contribution in [3.63, 3.8) is 0 Å². The highest BCUT2D eigenvalue weighted by Gasteiger charge is 2.30. The van der Waals surface area contributed by atoms with Gasteiger partial charge in [0, 0.05) is 34.3 Å². The number of hydrogen-bond donors (Lipinski definition) is 2. The number of urea groups is 1. The van der Waals surface area contributed by atoms with Crippen LogP contribution in [-0.2, 0) is 37.1 Å². The van der Waals surface area contributed by atoms with E-state index in [1.807, 2.05) is 32.1 Å². The average Bonchev–Trinajstić information content (AvgIpc) is 3.26. The summed E-state index contributed by atoms with van der Waals surface area (Å²) in [4.78, 5) is 32.2. The van der Waals surface area contributed by atoms with E-state index >= 15 is 0 Å². The molecule has 4 rings (SSSR count). The van der Waals surface area contributed by atoms with Gasteiger partial charge >= 0.3 is 12.0 Å². The molecule has 0 saturated carbocycles. The van der Waals surface area contributed by atoms with Gasteiger partial charge in [0.1, 0.15) is 10.6 Å². The summed E-state index contributed by atoms with van der Waals surface area (Å²) in [6.45, 7) is 13.6. The molecule has 33 heavy (non-hydrogen) atoms. The van der Waals surface area contributed by atoms with E-state index in [1.54, 1.807) is 0 Å². The quantitative estimate of drug-likeness (QED) is 0.532. The summed E-state index contributed by atoms with van der Waals surface area (Å²) in [5.41, 5.74) is 3.67. The maximum Gasteiger partial charge on any atom is 0.341 e. The third-order valence-electron chi connectivity index (χ3n) is 6.32. The van der Waals surface area contributed by atoms with Crippen LogP contribution < -0.4 is 10.6 Å². The van der Waals surface area contributed by atoms with E-state index in [0.717, 1.165) is 57.3 Å². The fraction of sp³-hybridized carbons (Fsp3) is 0.600. The van der Waals surface area contributed by atoms with Crippen LogP contribution in [0.15, 0.2) is 0 Å². The molecule has 0 unspecified atom stereocenters. The Morgan fingerprint density at radius 1 is 1.06 bits per heavy atom. The Morgan fingerprint density at radius 3 is 2.55 bits per heavy atom. The standard InChI is InChI=1S/C25H35N3O3S2/c1-6-28-12-11-16-18(15(2)32-20(16)14-28)13-26-24(30)27-22-21(23(29)31-25(3,4)5)17-9-7-8-10-19(17)33-22/h6-14H2,1-5H3,(H2,26,27,30). The van der Waals surface area contributed by atoms with Gasteiger partial charge < -0.3 is 10.1 Å². The second-order valence-electron chi connectivity index (χ2n) is 9.88. The summed E-state index contributed by atoms with van der Waals surface area (Å²) in [6.07, 6.45) is 5.02. The van der Waals surface area contributed by atoms with Gasteiger partial charge in [0.25, 0.3) is 0 Å². The van der Waals surface area contributed by atoms with Crippen molar-refractivity contribution in [3.8, 4) is 0 Å². The van der Waals surface area contributed by atoms with E-state index in [2.05, 4.69) is 29.4 Å². The van der Waals surface area contributed by atoms with Crippen LogP contribution in [0.2, 0.25) is 0 Å². The number of thiophene rings is 2. The molecule has 0 spiro atoms. The van der Waals surface area contributed by atoms with Gasteiger partial charge in [-0.15, -0.1) is 22.7 Å². The zero-order valence-electron chi connectivity index (χ0n) is 20.4. The molecule has 2 N–H and O–H groups in total. The third kappa shape index (κ3) is 5.44. The van der Waals surface area contributed by atoms with Crippen molar-refractivity contribution in [2.24, 2.45) is 0 Å². The lowest BCUT2D eigenvalue weighted by Gasteiger charge is -2.25. The fourth-order valence-electron chi connectivity index (χ4n) is 4.67. The Balaban J connectivity index is 1.48. The Kier molecular flexibility index (Phi) is 7.17. The maximum atomic E-state index is 13.0. The number of hydrogen-bond acceptors (Lipinski definition) is 6. The molecule has 1 aliphatic heterocycles. The molecule has 1 aliphatic carbocycles. The minimum Gasteiger partial charge on any atom is -0.456 e. The van der Waals surface area contributed by atoms with E-state index in [4.69, 9.17) is 4.74 Å². The number of carbonyl (C=O) groups is 2. The van der Waals surface area contributed by atoms with E-state index in [1.165, 1.54) is 37.1 Å². The van der Waals surface area contributed by atoms with Crippen molar-refractivity contribution in [3.05, 3.63) is 36.9 Å². The minimum absolute atomic E-state index is 0.274. The van der Waals surface area contributed by atoms with Crippen LogP contribution in [0.1, 0.15) is 82.2 Å². The molecule has 8 heteroatoms. The Bertz CT molecular complexity index is 1050. The lowest BCUT2D eigenvalue weighted by molar-refractivity contribution is 0.00699. The highest BCUT2D eigenvalue weighted by molar-refractivity contribution is 7.17. The first-order valence-corrected chi connectivity index (χ1v) is 13.5. The summed E-state index contributed by atoms with van der Waals surface area (Å²) in [5.74, 6) is -0.347. The van der Waals surface area contributed by atoms with Crippen LogP contribution >= 0.6 is 22.7 Å². The SMILES string of the molecule is CCN1CCc2c(sc(C)c2CNC(=O)Nc2sc3c(c2C(=O)OC(C)(C)C)CCCC3)C1. The fourth-order valence-corrected chi connectivity index (χ4v) is 7.23. The predicted molar refractivity (Wildman–Crippen MR) is 136 cm³/mol. The van der Waals surface area contributed by atoms with Crippen molar-refractivity contribution in [1.82, 2.24) is 10.2 Å². The molecule has 0 saturated heterocycles. The van der Waals surface area contributed by atoms with Gasteiger partial charge in [0.05, 0.1) is 5.56 Å². The number of likely N-dealkylation sites (N-methyl/N-ethyl adjacent to an activating group) is 1. The lowest BCUT2D eigenvalue weighted by atomic mass is 9.95. The van der Waals surface area contributed by atoms with E-state index in [9.17, 15) is 9.59 Å². The number of esters is 1. The molecule has 0 aromatic carbocycles. The number of amides is 2. The van der Waals surface area contributed by atoms with Gasteiger partial charge in [-0.2, -0.15) is 0 Å². The van der Waals surface area contributed by atoms with Gasteiger partial charge in [-0.25, -0.2) is 9.59 Å². The zero-order chi connectivity index (χ0) is 23.8. The van der Waals surface area contributed by atoms with Crippen LogP contribution in [0.5, 0.6) is 0 Å². The maximum absolute atomic E-state index is 13.0. The molecule has 180 valence electrons. The summed E-state index contributed by atoms with van der Waals surface area (Å²) >= 11 is 3.37. The molecule has 0 atom stereocenters. The second-order valence-corrected chi connectivity index (χ2v) is 12.3. The molecule has 2 aromatic heterocycles. The number of ether oxygens (including phenoxy) is 1. The number of fused-ring (bicyclic) bond motifs is 2. The van der Waals surface area contributed by atoms with Crippen molar-refractivity contribution >= 4 is 39.7 Å². The normalized spacial score (nSPS) is 16.2. The Hall–Kier alpha value is -1.90. The third-order valence-corrected chi connectivity index (χ3v) is 8.70. The van der Waals surface area contributed by atoms with Gasteiger partial charge in [-0.1, -0.05) is 6.92 Å². The number of aryl methyl sites for hydroxylation is 2. The zero-order valence-corrected chi connectivity index (χ0v) is 22.0. The molecule has 2 aliphatic rings. The molecule has 6 nitrogen and oxygen atoms in total. The van der Waals surface area contributed by atoms with Gasteiger partial charge in [-0.3, -0.25) is 10.2 Å². The van der Waals surface area contributed by atoms with Crippen LogP contribution in [0, 0.1) is 6.92 Å². The Morgan fingerprint density at radius 2 is 1.82 bits per heavy atom. The molecule has 3 heterocycles. The topological polar surface area (TPSA) is 70.7 Å². The molecular weight excluding hydrogens is 454 g/mol. The monoisotopic (exact) mass is 489 g/mol. The van der Waals surface area contributed by atoms with Crippen molar-refractivity contribution in [1.29, 1.82) is 0 Å². The molecule has 0 bridgehead atoms. The first-order chi connectivity index (χ1) is 15.7. The summed E-state index contributed by atoms with van der Waals surface area (Å²) < 4.78 is 5.68. The molecule has 0 radical (unpaired) electrons. The van der Waals surface area contributed by atoms with Crippen molar-refractivity contribution in [2.45, 2.75) is 85.4 Å². The first kappa shape index (κ1) is 24.2. The summed E-state index contributed by atoms with van der Waals surface area (Å²) in [6, 6.07) is -0.274. The number of anilines is 1. The van der Waals surface area contributed by atoms with Crippen molar-refractivity contribution in [2.75, 3.05) is 18.4 Å². The minimum atomic E-state index is -0.580. The molecular formula is C25H35N3O3S2. The lowest BCUT2D eigenvalue weighted by Crippen LogP contribution is -2.31. The van der Waals surface area contributed by atoms with Crippen LogP contribution in [0.3, 0.4) is 0 Å². The summed E-state index contributed by atoms with van der Waals surface area (Å²) in [7, 11) is 0. The Labute approximate surface area is 204 Å². The first-order valence-electron chi connectivity index (χ1n) is 11.9. The largest absolute Gasteiger partial charge is 0.456 e.